The summed E-state index contributed by atoms with van der Waals surface area (Å²) < 4.78 is 5.65. The Morgan fingerprint density at radius 3 is 1.61 bits per heavy atom. The van der Waals surface area contributed by atoms with Gasteiger partial charge in [0.2, 0.25) is 0 Å². The van der Waals surface area contributed by atoms with E-state index in [4.69, 9.17) is 9.84 Å². The van der Waals surface area contributed by atoms with Gasteiger partial charge in [0.25, 0.3) is 0 Å². The van der Waals surface area contributed by atoms with Gasteiger partial charge in [-0.1, -0.05) is 139 Å². The lowest BCUT2D eigenvalue weighted by Crippen LogP contribution is -2.36. The number of carboxylic acids is 1. The minimum Gasteiger partial charge on any atom is -0.481 e. The van der Waals surface area contributed by atoms with E-state index in [9.17, 15) is 14.7 Å². The molecule has 38 heavy (non-hydrogen) atoms. The van der Waals surface area contributed by atoms with Gasteiger partial charge in [-0.2, -0.15) is 0 Å². The van der Waals surface area contributed by atoms with Crippen molar-refractivity contribution in [3.05, 3.63) is 71.8 Å². The second kappa shape index (κ2) is 21.4. The summed E-state index contributed by atoms with van der Waals surface area (Å²) in [5, 5.41) is 19.7. The quantitative estimate of drug-likeness (QED) is 0.134. The molecule has 1 atom stereocenters. The first-order chi connectivity index (χ1) is 18.5. The number of hydrogen-bond donors (Lipinski definition) is 2. The highest BCUT2D eigenvalue weighted by Crippen LogP contribution is 2.30. The standard InChI is InChI=1S/C17H16O4.C16H34O/c18-15(19)11-12-17(21,14-9-5-2-6-10-14)16(20)13-7-3-1-4-8-13;1-3-5-7-9-11-13-15-17-16-14-12-10-8-6-4-2/h1-10,21H,11-12H2,(H,18,19);3-16H2,1-2H3. The molecule has 2 N–H and O–H groups in total. The number of carbonyl (C=O) groups is 2. The van der Waals surface area contributed by atoms with E-state index in [1.807, 2.05) is 0 Å². The van der Waals surface area contributed by atoms with Crippen LogP contribution in [0.1, 0.15) is 120 Å². The zero-order chi connectivity index (χ0) is 27.9. The smallest absolute Gasteiger partial charge is 0.303 e. The molecule has 0 heterocycles. The van der Waals surface area contributed by atoms with Crippen molar-refractivity contribution in [1.29, 1.82) is 0 Å². The normalized spacial score (nSPS) is 12.3. The molecule has 1 unspecified atom stereocenters. The molecule has 0 radical (unpaired) electrons. The van der Waals surface area contributed by atoms with Gasteiger partial charge in [0.15, 0.2) is 11.4 Å². The summed E-state index contributed by atoms with van der Waals surface area (Å²) in [6.07, 6.45) is 15.9. The van der Waals surface area contributed by atoms with Crippen molar-refractivity contribution < 1.29 is 24.5 Å². The number of carboxylic acid groups (broad SMARTS) is 1. The third kappa shape index (κ3) is 14.4. The van der Waals surface area contributed by atoms with Gasteiger partial charge in [-0.3, -0.25) is 9.59 Å². The van der Waals surface area contributed by atoms with E-state index >= 15 is 0 Å². The number of ketones is 1. The molecule has 2 aromatic carbocycles. The van der Waals surface area contributed by atoms with E-state index < -0.39 is 17.4 Å². The second-order valence-corrected chi connectivity index (χ2v) is 9.96. The molecule has 2 rings (SSSR count). The summed E-state index contributed by atoms with van der Waals surface area (Å²) in [7, 11) is 0. The number of ether oxygens (including phenoxy) is 1. The third-order valence-corrected chi connectivity index (χ3v) is 6.65. The molecule has 5 heteroatoms. The molecule has 5 nitrogen and oxygen atoms in total. The van der Waals surface area contributed by atoms with Crippen LogP contribution in [0.2, 0.25) is 0 Å². The van der Waals surface area contributed by atoms with Crippen LogP contribution >= 0.6 is 0 Å². The molecular weight excluding hydrogens is 476 g/mol. The number of hydrogen-bond acceptors (Lipinski definition) is 4. The van der Waals surface area contributed by atoms with Crippen LogP contribution in [-0.4, -0.2) is 35.2 Å². The third-order valence-electron chi connectivity index (χ3n) is 6.65. The zero-order valence-corrected chi connectivity index (χ0v) is 23.7. The average Bonchev–Trinajstić information content (AvgIpc) is 2.95. The molecule has 0 bridgehead atoms. The second-order valence-electron chi connectivity index (χ2n) is 9.96. The molecule has 0 saturated carbocycles. The number of benzene rings is 2. The summed E-state index contributed by atoms with van der Waals surface area (Å²) in [4.78, 5) is 23.5. The van der Waals surface area contributed by atoms with Gasteiger partial charge in [0.1, 0.15) is 0 Å². The van der Waals surface area contributed by atoms with Gasteiger partial charge in [-0.25, -0.2) is 0 Å². The molecular formula is C33H50O5. The van der Waals surface area contributed by atoms with Gasteiger partial charge in [0, 0.05) is 25.2 Å². The van der Waals surface area contributed by atoms with Crippen molar-refractivity contribution in [2.24, 2.45) is 0 Å². The lowest BCUT2D eigenvalue weighted by molar-refractivity contribution is -0.138. The topological polar surface area (TPSA) is 83.8 Å². The van der Waals surface area contributed by atoms with Gasteiger partial charge in [-0.15, -0.1) is 0 Å². The fourth-order valence-corrected chi connectivity index (χ4v) is 4.29. The number of aliphatic carboxylic acids is 1. The van der Waals surface area contributed by atoms with Crippen LogP contribution in [0.5, 0.6) is 0 Å². The van der Waals surface area contributed by atoms with Crippen LogP contribution in [0.4, 0.5) is 0 Å². The Kier molecular flexibility index (Phi) is 18.9. The highest BCUT2D eigenvalue weighted by molar-refractivity contribution is 6.03. The molecule has 0 aliphatic heterocycles. The lowest BCUT2D eigenvalue weighted by atomic mass is 9.82. The van der Waals surface area contributed by atoms with Crippen molar-refractivity contribution >= 4 is 11.8 Å². The monoisotopic (exact) mass is 526 g/mol. The number of rotatable bonds is 20. The van der Waals surface area contributed by atoms with Crippen LogP contribution in [0, 0.1) is 0 Å². The Morgan fingerprint density at radius 2 is 1.13 bits per heavy atom. The van der Waals surface area contributed by atoms with E-state index in [0.717, 1.165) is 13.2 Å². The van der Waals surface area contributed by atoms with Gasteiger partial charge >= 0.3 is 5.97 Å². The summed E-state index contributed by atoms with van der Waals surface area (Å²) in [5.41, 5.74) is -1.07. The average molecular weight is 527 g/mol. The van der Waals surface area contributed by atoms with Crippen molar-refractivity contribution in [2.45, 2.75) is 109 Å². The van der Waals surface area contributed by atoms with Gasteiger partial charge in [-0.05, 0) is 24.8 Å². The predicted molar refractivity (Wildman–Crippen MR) is 156 cm³/mol. The Hall–Kier alpha value is -2.50. The Labute approximate surface area is 230 Å². The first-order valence-corrected chi connectivity index (χ1v) is 14.6. The molecule has 2 aromatic rings. The highest BCUT2D eigenvalue weighted by atomic mass is 16.5. The first-order valence-electron chi connectivity index (χ1n) is 14.6. The first kappa shape index (κ1) is 33.5. The number of unbranched alkanes of at least 4 members (excludes halogenated alkanes) is 10. The number of carbonyl (C=O) groups excluding carboxylic acids is 1. The Balaban J connectivity index is 0.000000391. The van der Waals surface area contributed by atoms with Crippen LogP contribution in [0.3, 0.4) is 0 Å². The van der Waals surface area contributed by atoms with Crippen molar-refractivity contribution in [2.75, 3.05) is 13.2 Å². The number of Topliss-reactive ketones (excluding diaryl/α,β-unsaturated/α-hetero) is 1. The fraction of sp³-hybridized carbons (Fsp3) is 0.576. The molecule has 212 valence electrons. The number of aliphatic hydroxyl groups is 1. The molecule has 0 saturated heterocycles. The molecule has 0 spiro atoms. The maximum absolute atomic E-state index is 12.6. The molecule has 0 aliphatic carbocycles. The summed E-state index contributed by atoms with van der Waals surface area (Å²) in [6.45, 7) is 6.51. The minimum absolute atomic E-state index is 0.167. The summed E-state index contributed by atoms with van der Waals surface area (Å²) >= 11 is 0. The van der Waals surface area contributed by atoms with Crippen LogP contribution < -0.4 is 0 Å². The SMILES string of the molecule is CCCCCCCCOCCCCCCCC.O=C(O)CCC(O)(C(=O)c1ccccc1)c1ccccc1. The minimum atomic E-state index is -1.83. The molecule has 0 fully saturated rings. The Bertz CT molecular complexity index is 838. The van der Waals surface area contributed by atoms with Crippen LogP contribution in [0.25, 0.3) is 0 Å². The van der Waals surface area contributed by atoms with E-state index in [-0.39, 0.29) is 12.8 Å². The highest BCUT2D eigenvalue weighted by Gasteiger charge is 2.38. The van der Waals surface area contributed by atoms with E-state index in [2.05, 4.69) is 13.8 Å². The zero-order valence-electron chi connectivity index (χ0n) is 23.7. The van der Waals surface area contributed by atoms with Crippen molar-refractivity contribution in [3.63, 3.8) is 0 Å². The maximum atomic E-state index is 12.6. The predicted octanol–water partition coefficient (Wildman–Crippen LogP) is 8.35. The van der Waals surface area contributed by atoms with Gasteiger partial charge in [0.05, 0.1) is 0 Å². The largest absolute Gasteiger partial charge is 0.481 e. The molecule has 0 amide bonds. The lowest BCUT2D eigenvalue weighted by Gasteiger charge is -2.27. The maximum Gasteiger partial charge on any atom is 0.303 e. The van der Waals surface area contributed by atoms with Crippen molar-refractivity contribution in [3.8, 4) is 0 Å². The van der Waals surface area contributed by atoms with E-state index in [1.165, 1.54) is 77.0 Å². The van der Waals surface area contributed by atoms with E-state index in [0.29, 0.717) is 11.1 Å². The van der Waals surface area contributed by atoms with Crippen molar-refractivity contribution in [1.82, 2.24) is 0 Å². The van der Waals surface area contributed by atoms with Gasteiger partial charge < -0.3 is 14.9 Å². The Morgan fingerprint density at radius 1 is 0.684 bits per heavy atom. The summed E-state index contributed by atoms with van der Waals surface area (Å²) in [5.74, 6) is -1.54. The summed E-state index contributed by atoms with van der Waals surface area (Å²) in [6, 6.07) is 16.8. The van der Waals surface area contributed by atoms with E-state index in [1.54, 1.807) is 60.7 Å². The fourth-order valence-electron chi connectivity index (χ4n) is 4.29. The molecule has 0 aliphatic rings. The van der Waals surface area contributed by atoms with Crippen LogP contribution in [0.15, 0.2) is 60.7 Å². The molecule has 0 aromatic heterocycles. The van der Waals surface area contributed by atoms with Crippen LogP contribution in [-0.2, 0) is 15.1 Å².